The van der Waals surface area contributed by atoms with Crippen molar-refractivity contribution in [3.8, 4) is 11.5 Å². The molecule has 5 rings (SSSR count). The van der Waals surface area contributed by atoms with Crippen LogP contribution in [0.25, 0.3) is 23.1 Å². The summed E-state index contributed by atoms with van der Waals surface area (Å²) in [6, 6.07) is 14.1. The van der Waals surface area contributed by atoms with Gasteiger partial charge in [-0.25, -0.2) is 8.78 Å². The summed E-state index contributed by atoms with van der Waals surface area (Å²) in [5.74, 6) is -3.84. The second-order valence-electron chi connectivity index (χ2n) is 11.5. The van der Waals surface area contributed by atoms with E-state index in [-0.39, 0.29) is 25.3 Å². The van der Waals surface area contributed by atoms with E-state index >= 15 is 4.39 Å². The summed E-state index contributed by atoms with van der Waals surface area (Å²) in [5.41, 5.74) is 2.81. The monoisotopic (exact) mass is 621 g/mol. The molecule has 45 heavy (non-hydrogen) atoms. The molecule has 0 aliphatic heterocycles. The van der Waals surface area contributed by atoms with Crippen molar-refractivity contribution < 1.29 is 42.4 Å². The number of benzene rings is 3. The van der Waals surface area contributed by atoms with Crippen molar-refractivity contribution in [1.82, 2.24) is 4.57 Å². The van der Waals surface area contributed by atoms with Gasteiger partial charge in [-0.1, -0.05) is 30.4 Å². The van der Waals surface area contributed by atoms with Crippen LogP contribution in [0, 0.1) is 29.8 Å². The van der Waals surface area contributed by atoms with Gasteiger partial charge in [-0.15, -0.1) is 0 Å². The number of nitrogens with zero attached hydrogens (tertiary/aromatic N) is 1. The highest BCUT2D eigenvalue weighted by atomic mass is 19.2. The molecule has 0 saturated heterocycles. The molecule has 1 aromatic heterocycles. The number of rotatable bonds is 15. The topological polar surface area (TPSA) is 98.0 Å². The molecule has 0 spiro atoms. The highest BCUT2D eigenvalue weighted by Crippen LogP contribution is 2.53. The highest BCUT2D eigenvalue weighted by Gasteiger charge is 2.45. The third kappa shape index (κ3) is 7.50. The Hall–Kier alpha value is -4.73. The van der Waals surface area contributed by atoms with Crippen LogP contribution in [0.1, 0.15) is 54.5 Å². The van der Waals surface area contributed by atoms with Gasteiger partial charge in [0.1, 0.15) is 18.1 Å². The van der Waals surface area contributed by atoms with Crippen molar-refractivity contribution in [1.29, 1.82) is 0 Å². The molecule has 0 atom stereocenters. The first kappa shape index (κ1) is 31.7. The second-order valence-corrected chi connectivity index (χ2v) is 11.5. The van der Waals surface area contributed by atoms with Crippen molar-refractivity contribution in [3.05, 3.63) is 94.4 Å². The Balaban J connectivity index is 1.25. The third-order valence-corrected chi connectivity index (χ3v) is 8.22. The summed E-state index contributed by atoms with van der Waals surface area (Å²) >= 11 is 0. The predicted molar refractivity (Wildman–Crippen MR) is 164 cm³/mol. The van der Waals surface area contributed by atoms with E-state index in [9.17, 15) is 28.6 Å². The van der Waals surface area contributed by atoms with E-state index in [1.165, 1.54) is 18.2 Å². The summed E-state index contributed by atoms with van der Waals surface area (Å²) in [6.45, 7) is 2.05. The standard InChI is InChI=1S/C35H34F3NO6/c1-22-26(19-35(15-16-35)20-30(40)41)32-27(36)14-11-24(34(32)39(22)21-31(42)43)10-7-23-8-12-25(13-9-23)44-17-2-3-18-45-29-6-4-5-28(37)33(29)38/h4-14H,2-3,15-21H2,1H3,(H,40,41)(H,42,43)/b10-7+. The largest absolute Gasteiger partial charge is 0.494 e. The average molecular weight is 622 g/mol. The lowest BCUT2D eigenvalue weighted by molar-refractivity contribution is -0.139. The van der Waals surface area contributed by atoms with E-state index in [0.29, 0.717) is 59.3 Å². The van der Waals surface area contributed by atoms with Crippen LogP contribution >= 0.6 is 0 Å². The number of unbranched alkanes of at least 4 members (excludes halogenated alkanes) is 1. The van der Waals surface area contributed by atoms with Gasteiger partial charge in [0.05, 0.1) is 25.2 Å². The number of hydrogen-bond donors (Lipinski definition) is 2. The maximum absolute atomic E-state index is 15.4. The Bertz CT molecular complexity index is 1740. The van der Waals surface area contributed by atoms with E-state index in [2.05, 4.69) is 0 Å². The summed E-state index contributed by atoms with van der Waals surface area (Å²) in [4.78, 5) is 23.2. The molecule has 1 fully saturated rings. The second kappa shape index (κ2) is 13.5. The van der Waals surface area contributed by atoms with Gasteiger partial charge in [0, 0.05) is 11.1 Å². The fourth-order valence-corrected chi connectivity index (χ4v) is 5.68. The third-order valence-electron chi connectivity index (χ3n) is 8.22. The van der Waals surface area contributed by atoms with Crippen molar-refractivity contribution in [2.24, 2.45) is 5.41 Å². The number of hydrogen-bond acceptors (Lipinski definition) is 4. The summed E-state index contributed by atoms with van der Waals surface area (Å²) in [7, 11) is 0. The SMILES string of the molecule is Cc1c(CC2(CC(=O)O)CC2)c2c(F)ccc(/C=C/c3ccc(OCCCCOc4cccc(F)c4F)cc3)c2n1CC(=O)O. The van der Waals surface area contributed by atoms with E-state index in [1.807, 2.05) is 36.4 Å². The molecule has 1 aliphatic carbocycles. The minimum absolute atomic E-state index is 0.00876. The van der Waals surface area contributed by atoms with Crippen molar-refractivity contribution in [3.63, 3.8) is 0 Å². The molecule has 1 saturated carbocycles. The Labute approximate surface area is 258 Å². The highest BCUT2D eigenvalue weighted by molar-refractivity contribution is 5.95. The van der Waals surface area contributed by atoms with Crippen molar-refractivity contribution in [2.75, 3.05) is 13.2 Å². The minimum atomic E-state index is -1.06. The van der Waals surface area contributed by atoms with Crippen LogP contribution in [0.4, 0.5) is 13.2 Å². The Kier molecular flexibility index (Phi) is 9.51. The molecule has 2 N–H and O–H groups in total. The maximum atomic E-state index is 15.4. The first-order chi connectivity index (χ1) is 21.6. The number of ether oxygens (including phenoxy) is 2. The normalized spacial score (nSPS) is 13.8. The molecule has 0 amide bonds. The number of aliphatic carboxylic acids is 2. The predicted octanol–water partition coefficient (Wildman–Crippen LogP) is 7.66. The van der Waals surface area contributed by atoms with Gasteiger partial charge in [0.2, 0.25) is 5.82 Å². The zero-order valence-corrected chi connectivity index (χ0v) is 24.8. The van der Waals surface area contributed by atoms with Gasteiger partial charge < -0.3 is 24.3 Å². The molecule has 0 unspecified atom stereocenters. The van der Waals surface area contributed by atoms with Gasteiger partial charge in [-0.3, -0.25) is 9.59 Å². The molecule has 4 aromatic rings. The molecule has 1 aliphatic rings. The Morgan fingerprint density at radius 2 is 1.60 bits per heavy atom. The molecule has 7 nitrogen and oxygen atoms in total. The fraction of sp³-hybridized carbons (Fsp3) is 0.314. The van der Waals surface area contributed by atoms with Gasteiger partial charge in [0.15, 0.2) is 11.6 Å². The number of carbonyl (C=O) groups is 2. The number of halogens is 3. The van der Waals surface area contributed by atoms with Crippen LogP contribution in [0.15, 0.2) is 54.6 Å². The van der Waals surface area contributed by atoms with Crippen molar-refractivity contribution >= 4 is 35.0 Å². The van der Waals surface area contributed by atoms with Gasteiger partial charge in [0.25, 0.3) is 0 Å². The van der Waals surface area contributed by atoms with Crippen LogP contribution in [0.2, 0.25) is 0 Å². The molecule has 0 radical (unpaired) electrons. The summed E-state index contributed by atoms with van der Waals surface area (Å²) in [6.07, 6.45) is 6.73. The van der Waals surface area contributed by atoms with Crippen molar-refractivity contribution in [2.45, 2.75) is 52.0 Å². The summed E-state index contributed by atoms with van der Waals surface area (Å²) < 4.78 is 54.9. The number of fused-ring (bicyclic) bond motifs is 1. The molecule has 1 heterocycles. The number of carboxylic acids is 2. The van der Waals surface area contributed by atoms with Gasteiger partial charge >= 0.3 is 11.9 Å². The van der Waals surface area contributed by atoms with Crippen LogP contribution in [0.5, 0.6) is 11.5 Å². The van der Waals surface area contributed by atoms with E-state index in [1.54, 1.807) is 17.6 Å². The molecule has 10 heteroatoms. The maximum Gasteiger partial charge on any atom is 0.323 e. The fourth-order valence-electron chi connectivity index (χ4n) is 5.68. The first-order valence-corrected chi connectivity index (χ1v) is 14.8. The lowest BCUT2D eigenvalue weighted by Crippen LogP contribution is -2.13. The molecule has 236 valence electrons. The molecular weight excluding hydrogens is 587 g/mol. The average Bonchev–Trinajstić information content (AvgIpc) is 3.70. The van der Waals surface area contributed by atoms with E-state index in [0.717, 1.165) is 24.5 Å². The quantitative estimate of drug-likeness (QED) is 0.105. The molecular formula is C35H34F3NO6. The van der Waals surface area contributed by atoms with E-state index in [4.69, 9.17) is 9.47 Å². The van der Waals surface area contributed by atoms with E-state index < -0.39 is 34.8 Å². The molecule has 0 bridgehead atoms. The lowest BCUT2D eigenvalue weighted by atomic mass is 9.91. The Morgan fingerprint density at radius 1 is 0.889 bits per heavy atom. The lowest BCUT2D eigenvalue weighted by Gasteiger charge is -2.13. The van der Waals surface area contributed by atoms with Gasteiger partial charge in [-0.05, 0) is 97.5 Å². The first-order valence-electron chi connectivity index (χ1n) is 14.8. The van der Waals surface area contributed by atoms with Crippen LogP contribution in [0.3, 0.4) is 0 Å². The minimum Gasteiger partial charge on any atom is -0.494 e. The zero-order valence-electron chi connectivity index (χ0n) is 24.8. The van der Waals surface area contributed by atoms with Crippen LogP contribution in [-0.2, 0) is 22.6 Å². The van der Waals surface area contributed by atoms with Gasteiger partial charge in [-0.2, -0.15) is 4.39 Å². The Morgan fingerprint density at radius 3 is 2.27 bits per heavy atom. The molecule has 3 aromatic carbocycles. The van der Waals surface area contributed by atoms with Crippen LogP contribution < -0.4 is 9.47 Å². The number of aromatic nitrogens is 1. The smallest absolute Gasteiger partial charge is 0.323 e. The summed E-state index contributed by atoms with van der Waals surface area (Å²) in [5, 5.41) is 19.4. The zero-order chi connectivity index (χ0) is 32.1. The number of carboxylic acid groups (broad SMARTS) is 2. The van der Waals surface area contributed by atoms with Crippen LogP contribution in [-0.4, -0.2) is 39.9 Å².